The van der Waals surface area contributed by atoms with Crippen LogP contribution in [-0.2, 0) is 4.79 Å². The van der Waals surface area contributed by atoms with Gasteiger partial charge in [-0.25, -0.2) is 0 Å². The number of hydrogen-bond donors (Lipinski definition) is 1. The summed E-state index contributed by atoms with van der Waals surface area (Å²) in [6, 6.07) is 0. The van der Waals surface area contributed by atoms with E-state index in [0.29, 0.717) is 0 Å². The summed E-state index contributed by atoms with van der Waals surface area (Å²) < 4.78 is 0. The minimum atomic E-state index is 0. The number of β-lactam (4-membered cyclic amide) rings is 1. The van der Waals surface area contributed by atoms with Gasteiger partial charge in [0, 0.05) is 13.0 Å². The Morgan fingerprint density at radius 1 is 1.67 bits per heavy atom. The average Bonchev–Trinajstić information content (AvgIpc) is 1.30. The fourth-order valence-electron chi connectivity index (χ4n) is 0.227. The Balaban J connectivity index is 0.000000250. The van der Waals surface area contributed by atoms with E-state index < -0.39 is 0 Å². The van der Waals surface area contributed by atoms with Gasteiger partial charge in [-0.2, -0.15) is 0 Å². The van der Waals surface area contributed by atoms with Crippen LogP contribution in [0.1, 0.15) is 6.42 Å². The van der Waals surface area contributed by atoms with Crippen LogP contribution in [0.4, 0.5) is 0 Å². The molecule has 0 atom stereocenters. The second kappa shape index (κ2) is 2.14. The maximum absolute atomic E-state index is 9.79. The van der Waals surface area contributed by atoms with E-state index in [1.54, 1.807) is 0 Å². The summed E-state index contributed by atoms with van der Waals surface area (Å²) in [6.45, 7) is 0.888. The molecule has 1 saturated heterocycles. The quantitative estimate of drug-likeness (QED) is 0.313. The molecular weight excluding hydrogens is 97.0 g/mol. The van der Waals surface area contributed by atoms with Crippen LogP contribution in [0.5, 0.6) is 0 Å². The number of nitrogens with one attached hydrogen (secondary N) is 1. The van der Waals surface area contributed by atoms with E-state index in [0.717, 1.165) is 13.0 Å². The molecule has 0 aromatic rings. The van der Waals surface area contributed by atoms with Gasteiger partial charge in [-0.1, -0.05) is 0 Å². The average molecular weight is 107 g/mol. The van der Waals surface area contributed by atoms with E-state index in [1.165, 1.54) is 0 Å². The normalized spacial score (nSPS) is 17.0. The van der Waals surface area contributed by atoms with E-state index in [1.807, 2.05) is 0 Å². The molecule has 1 heterocycles. The van der Waals surface area contributed by atoms with Crippen molar-refractivity contribution in [2.45, 2.75) is 6.42 Å². The van der Waals surface area contributed by atoms with E-state index >= 15 is 0 Å². The van der Waals surface area contributed by atoms with Crippen LogP contribution in [0.15, 0.2) is 0 Å². The summed E-state index contributed by atoms with van der Waals surface area (Å²) in [4.78, 5) is 9.79. The monoisotopic (exact) mass is 107 g/mol. The second-order valence-electron chi connectivity index (χ2n) is 1.10. The zero-order valence-corrected chi connectivity index (χ0v) is 2.82. The third kappa shape index (κ3) is 0.942. The molecule has 2 nitrogen and oxygen atoms in total. The summed E-state index contributed by atoms with van der Waals surface area (Å²) in [5.41, 5.74) is 0. The number of hydrogen-bond acceptors (Lipinski definition) is 1. The summed E-state index contributed by atoms with van der Waals surface area (Å²) in [5.74, 6) is 0.185. The van der Waals surface area contributed by atoms with Gasteiger partial charge >= 0.3 is 9.90 Å². The molecule has 3 heteroatoms. The molecule has 0 spiro atoms. The van der Waals surface area contributed by atoms with Crippen LogP contribution in [-0.4, -0.2) is 12.5 Å². The van der Waals surface area contributed by atoms with Crippen LogP contribution < -0.4 is 5.32 Å². The van der Waals surface area contributed by atoms with Gasteiger partial charge in [0.2, 0.25) is 5.91 Å². The molecule has 1 aliphatic rings. The van der Waals surface area contributed by atoms with Crippen molar-refractivity contribution in [1.29, 1.82) is 0 Å². The zero-order valence-electron chi connectivity index (χ0n) is 2.82. The Morgan fingerprint density at radius 3 is 2.00 bits per heavy atom. The summed E-state index contributed by atoms with van der Waals surface area (Å²) in [7, 11) is 0. The first-order valence-corrected chi connectivity index (χ1v) is 1.66. The van der Waals surface area contributed by atoms with Crippen molar-refractivity contribution >= 4 is 15.8 Å². The van der Waals surface area contributed by atoms with Crippen LogP contribution in [0, 0.1) is 0 Å². The van der Waals surface area contributed by atoms with Crippen LogP contribution in [0.2, 0.25) is 0 Å². The Bertz CT molecular complexity index is 57.8. The van der Waals surface area contributed by atoms with Gasteiger partial charge in [0.15, 0.2) is 0 Å². The number of rotatable bonds is 0. The molecular formula is C3H10NOP. The molecule has 0 unspecified atom stereocenters. The Morgan fingerprint density at radius 2 is 2.00 bits per heavy atom. The molecule has 1 fully saturated rings. The van der Waals surface area contributed by atoms with Crippen molar-refractivity contribution in [2.24, 2.45) is 0 Å². The molecule has 6 heavy (non-hydrogen) atoms. The Labute approximate surface area is 39.9 Å². The van der Waals surface area contributed by atoms with E-state index in [2.05, 4.69) is 5.32 Å². The van der Waals surface area contributed by atoms with Crippen molar-refractivity contribution in [3.05, 3.63) is 0 Å². The topological polar surface area (TPSA) is 29.1 Å². The molecule has 1 rings (SSSR count). The first-order chi connectivity index (χ1) is 2.39. The molecule has 0 saturated carbocycles. The van der Waals surface area contributed by atoms with Gasteiger partial charge in [-0.3, -0.25) is 4.79 Å². The Kier molecular flexibility index (Phi) is 2.11. The van der Waals surface area contributed by atoms with Crippen molar-refractivity contribution < 1.29 is 4.79 Å². The standard InChI is InChI=1S/C3H5NO.H5P/c5-3-1-2-4-3;/h1-2H2,(H,4,5);1H5. The molecule has 1 aliphatic heterocycles. The molecule has 0 aromatic heterocycles. The summed E-state index contributed by atoms with van der Waals surface area (Å²) in [5, 5.41) is 2.57. The first-order valence-electron chi connectivity index (χ1n) is 1.66. The SMILES string of the molecule is O=C1CCN1.[PH5]. The van der Waals surface area contributed by atoms with E-state index in [-0.39, 0.29) is 15.8 Å². The zero-order chi connectivity index (χ0) is 3.70. The molecule has 0 bridgehead atoms. The minimum absolute atomic E-state index is 0. The number of carbonyl (C=O) groups is 1. The van der Waals surface area contributed by atoms with E-state index in [4.69, 9.17) is 0 Å². The molecule has 1 N–H and O–H groups in total. The third-order valence-corrected chi connectivity index (χ3v) is 0.674. The number of amides is 1. The van der Waals surface area contributed by atoms with Gasteiger partial charge in [0.05, 0.1) is 0 Å². The van der Waals surface area contributed by atoms with Gasteiger partial charge < -0.3 is 5.32 Å². The number of carbonyl (C=O) groups excluding carboxylic acids is 1. The van der Waals surface area contributed by atoms with Crippen LogP contribution in [0.3, 0.4) is 0 Å². The van der Waals surface area contributed by atoms with Crippen molar-refractivity contribution in [2.75, 3.05) is 6.54 Å². The van der Waals surface area contributed by atoms with Crippen molar-refractivity contribution in [3.8, 4) is 0 Å². The second-order valence-corrected chi connectivity index (χ2v) is 1.10. The Hall–Kier alpha value is -0.100. The van der Waals surface area contributed by atoms with Gasteiger partial charge in [0.1, 0.15) is 0 Å². The van der Waals surface area contributed by atoms with Crippen LogP contribution in [0.25, 0.3) is 0 Å². The molecule has 0 aliphatic carbocycles. The van der Waals surface area contributed by atoms with E-state index in [9.17, 15) is 4.79 Å². The van der Waals surface area contributed by atoms with Crippen molar-refractivity contribution in [1.82, 2.24) is 5.32 Å². The molecule has 38 valence electrons. The maximum atomic E-state index is 9.79. The molecule has 0 aromatic carbocycles. The van der Waals surface area contributed by atoms with Gasteiger partial charge in [-0.15, -0.1) is 0 Å². The predicted octanol–water partition coefficient (Wildman–Crippen LogP) is -0.971. The fraction of sp³-hybridized carbons (Fsp3) is 0.667. The van der Waals surface area contributed by atoms with Gasteiger partial charge in [-0.05, 0) is 0 Å². The third-order valence-electron chi connectivity index (χ3n) is 0.674. The van der Waals surface area contributed by atoms with Crippen molar-refractivity contribution in [3.63, 3.8) is 0 Å². The van der Waals surface area contributed by atoms with Crippen LogP contribution >= 0.6 is 9.90 Å². The summed E-state index contributed by atoms with van der Waals surface area (Å²) in [6.07, 6.45) is 0.736. The van der Waals surface area contributed by atoms with Gasteiger partial charge in [0.25, 0.3) is 0 Å². The molecule has 0 radical (unpaired) electrons. The first kappa shape index (κ1) is 5.90. The summed E-state index contributed by atoms with van der Waals surface area (Å²) >= 11 is 0. The molecule has 1 amide bonds. The fourth-order valence-corrected chi connectivity index (χ4v) is 0.227. The predicted molar refractivity (Wildman–Crippen MR) is 31.5 cm³/mol.